The van der Waals surface area contributed by atoms with Gasteiger partial charge in [0.1, 0.15) is 9.84 Å². The molecule has 0 heterocycles. The van der Waals surface area contributed by atoms with Gasteiger partial charge in [-0.2, -0.15) is 8.42 Å². The van der Waals surface area contributed by atoms with E-state index in [1.165, 1.54) is 12.1 Å². The van der Waals surface area contributed by atoms with Crippen LogP contribution in [0.4, 0.5) is 5.69 Å². The third-order valence-corrected chi connectivity index (χ3v) is 5.59. The number of benzene rings is 1. The van der Waals surface area contributed by atoms with Crippen molar-refractivity contribution in [1.29, 1.82) is 0 Å². The third kappa shape index (κ3) is 6.89. The number of hydrogen-bond donors (Lipinski definition) is 2. The summed E-state index contributed by atoms with van der Waals surface area (Å²) in [4.78, 5) is -0.446. The van der Waals surface area contributed by atoms with E-state index < -0.39 is 40.6 Å². The van der Waals surface area contributed by atoms with Gasteiger partial charge < -0.3 is 0 Å². The van der Waals surface area contributed by atoms with Crippen LogP contribution in [-0.2, 0) is 30.0 Å². The van der Waals surface area contributed by atoms with E-state index in [1.54, 1.807) is 0 Å². The average molecular weight is 357 g/mol. The molecule has 0 saturated heterocycles. The van der Waals surface area contributed by atoms with Crippen LogP contribution in [0.1, 0.15) is 6.42 Å². The topological polar surface area (TPSA) is 135 Å². The van der Waals surface area contributed by atoms with E-state index in [4.69, 9.17) is 4.55 Å². The van der Waals surface area contributed by atoms with Crippen LogP contribution in [0.2, 0.25) is 0 Å². The highest BCUT2D eigenvalue weighted by molar-refractivity contribution is 7.93. The summed E-state index contributed by atoms with van der Waals surface area (Å²) in [6.07, 6.45) is 0.925. The highest BCUT2D eigenvalue weighted by Gasteiger charge is 2.15. The first-order valence-corrected chi connectivity index (χ1v) is 10.8. The van der Waals surface area contributed by atoms with Crippen LogP contribution >= 0.6 is 0 Å². The molecular formula is C10H15NO7S3. The van der Waals surface area contributed by atoms with Gasteiger partial charge >= 0.3 is 0 Å². The van der Waals surface area contributed by atoms with Gasteiger partial charge in [0.25, 0.3) is 10.1 Å². The molecule has 21 heavy (non-hydrogen) atoms. The summed E-state index contributed by atoms with van der Waals surface area (Å²) in [5.74, 6) is -0.685. The molecule has 0 aliphatic carbocycles. The molecule has 0 spiro atoms. The summed E-state index contributed by atoms with van der Waals surface area (Å²) < 4.78 is 78.2. The molecule has 0 amide bonds. The molecular weight excluding hydrogens is 342 g/mol. The number of hydrogen-bond acceptors (Lipinski definition) is 6. The van der Waals surface area contributed by atoms with Crippen molar-refractivity contribution in [1.82, 2.24) is 0 Å². The van der Waals surface area contributed by atoms with Gasteiger partial charge in [0, 0.05) is 11.9 Å². The molecule has 11 heteroatoms. The second-order valence-corrected chi connectivity index (χ2v) is 9.93. The molecule has 0 aromatic heterocycles. The van der Waals surface area contributed by atoms with Crippen LogP contribution in [0.3, 0.4) is 0 Å². The quantitative estimate of drug-likeness (QED) is 0.661. The molecule has 1 aromatic rings. The van der Waals surface area contributed by atoms with Crippen LogP contribution in [0.15, 0.2) is 29.2 Å². The van der Waals surface area contributed by atoms with Crippen molar-refractivity contribution in [3.8, 4) is 0 Å². The van der Waals surface area contributed by atoms with Gasteiger partial charge in [-0.25, -0.2) is 16.8 Å². The largest absolute Gasteiger partial charge is 0.294 e. The van der Waals surface area contributed by atoms with E-state index >= 15 is 0 Å². The van der Waals surface area contributed by atoms with Crippen LogP contribution in [-0.4, -0.2) is 47.6 Å². The molecule has 1 rings (SSSR count). The fourth-order valence-corrected chi connectivity index (χ4v) is 3.95. The molecule has 0 fully saturated rings. The third-order valence-electron chi connectivity index (χ3n) is 2.33. The Labute approximate surface area is 123 Å². The van der Waals surface area contributed by atoms with Crippen molar-refractivity contribution in [3.05, 3.63) is 24.3 Å². The number of rotatable bonds is 7. The minimum absolute atomic E-state index is 0.0375. The first-order chi connectivity index (χ1) is 9.39. The molecule has 2 N–H and O–H groups in total. The Balaban J connectivity index is 2.81. The fraction of sp³-hybridized carbons (Fsp3) is 0.400. The predicted molar refractivity (Wildman–Crippen MR) is 78.0 cm³/mol. The van der Waals surface area contributed by atoms with Crippen LogP contribution in [0.5, 0.6) is 0 Å². The lowest BCUT2D eigenvalue weighted by molar-refractivity contribution is 0.483. The summed E-state index contributed by atoms with van der Waals surface area (Å²) >= 11 is 0. The second kappa shape index (κ2) is 6.30. The maximum atomic E-state index is 11.7. The molecule has 0 aliphatic rings. The minimum Gasteiger partial charge on any atom is -0.284 e. The van der Waals surface area contributed by atoms with Crippen LogP contribution in [0, 0.1) is 0 Å². The van der Waals surface area contributed by atoms with Gasteiger partial charge in [-0.05, 0) is 24.6 Å². The summed E-state index contributed by atoms with van der Waals surface area (Å²) in [5.41, 5.74) is -0.0375. The van der Waals surface area contributed by atoms with Gasteiger partial charge in [0.2, 0.25) is 10.0 Å². The molecule has 0 radical (unpaired) electrons. The zero-order valence-corrected chi connectivity index (χ0v) is 13.5. The van der Waals surface area contributed by atoms with Crippen LogP contribution < -0.4 is 4.72 Å². The monoisotopic (exact) mass is 357 g/mol. The first-order valence-electron chi connectivity index (χ1n) is 5.65. The minimum atomic E-state index is -4.43. The van der Waals surface area contributed by atoms with Gasteiger partial charge in [0.05, 0.1) is 16.4 Å². The molecule has 120 valence electrons. The highest BCUT2D eigenvalue weighted by Crippen LogP contribution is 2.16. The first kappa shape index (κ1) is 17.9. The van der Waals surface area contributed by atoms with Crippen molar-refractivity contribution in [2.24, 2.45) is 0 Å². The summed E-state index contributed by atoms with van der Waals surface area (Å²) in [5, 5.41) is 0. The Hall–Kier alpha value is -1.17. The summed E-state index contributed by atoms with van der Waals surface area (Å²) in [7, 11) is -11.5. The van der Waals surface area contributed by atoms with E-state index in [0.29, 0.717) is 0 Å². The lowest BCUT2D eigenvalue weighted by Crippen LogP contribution is -2.19. The van der Waals surface area contributed by atoms with Crippen molar-refractivity contribution >= 4 is 35.7 Å². The molecule has 0 aliphatic heterocycles. The van der Waals surface area contributed by atoms with E-state index in [1.807, 2.05) is 0 Å². The number of anilines is 1. The maximum absolute atomic E-state index is 11.7. The summed E-state index contributed by atoms with van der Waals surface area (Å²) in [6, 6.07) is 4.64. The van der Waals surface area contributed by atoms with E-state index in [2.05, 4.69) is 4.72 Å². The fourth-order valence-electron chi connectivity index (χ4n) is 1.46. The number of sulfonamides is 1. The van der Waals surface area contributed by atoms with Crippen molar-refractivity contribution in [2.45, 2.75) is 11.3 Å². The van der Waals surface area contributed by atoms with Crippen LogP contribution in [0.25, 0.3) is 0 Å². The Morgan fingerprint density at radius 3 is 2.19 bits per heavy atom. The maximum Gasteiger partial charge on any atom is 0.294 e. The van der Waals surface area contributed by atoms with Gasteiger partial charge in [0.15, 0.2) is 0 Å². The molecule has 0 unspecified atom stereocenters. The summed E-state index contributed by atoms with van der Waals surface area (Å²) in [6.45, 7) is 0. The van der Waals surface area contributed by atoms with Gasteiger partial charge in [-0.15, -0.1) is 0 Å². The highest BCUT2D eigenvalue weighted by atomic mass is 32.2. The molecule has 0 saturated carbocycles. The average Bonchev–Trinajstić information content (AvgIpc) is 2.25. The van der Waals surface area contributed by atoms with Crippen molar-refractivity contribution in [3.63, 3.8) is 0 Å². The van der Waals surface area contributed by atoms with E-state index in [9.17, 15) is 25.3 Å². The van der Waals surface area contributed by atoms with Gasteiger partial charge in [-0.1, -0.05) is 6.07 Å². The zero-order valence-electron chi connectivity index (χ0n) is 11.1. The normalized spacial score (nSPS) is 13.0. The Kier molecular flexibility index (Phi) is 5.36. The number of sulfone groups is 1. The standard InChI is InChI=1S/C10H15NO7S3/c1-19(12,13)6-3-7-20(14,15)11-9-4-2-5-10(8-9)21(16,17)18/h2,4-5,8,11H,3,6-7H2,1H3,(H,16,17,18). The second-order valence-electron chi connectivity index (χ2n) is 4.41. The lowest BCUT2D eigenvalue weighted by Gasteiger charge is -2.08. The molecule has 8 nitrogen and oxygen atoms in total. The van der Waals surface area contributed by atoms with Crippen molar-refractivity contribution in [2.75, 3.05) is 22.5 Å². The van der Waals surface area contributed by atoms with Gasteiger partial charge in [-0.3, -0.25) is 9.27 Å². The zero-order chi connectivity index (χ0) is 16.3. The SMILES string of the molecule is CS(=O)(=O)CCCS(=O)(=O)Nc1cccc(S(=O)(=O)O)c1. The smallest absolute Gasteiger partial charge is 0.284 e. The predicted octanol–water partition coefficient (Wildman–Crippen LogP) is 0.110. The Morgan fingerprint density at radius 1 is 1.05 bits per heavy atom. The number of nitrogens with one attached hydrogen (secondary N) is 1. The molecule has 1 aromatic carbocycles. The molecule has 0 bridgehead atoms. The Morgan fingerprint density at radius 2 is 1.67 bits per heavy atom. The van der Waals surface area contributed by atoms with E-state index in [-0.39, 0.29) is 17.9 Å². The molecule has 0 atom stereocenters. The van der Waals surface area contributed by atoms with Crippen molar-refractivity contribution < 1.29 is 29.8 Å². The van der Waals surface area contributed by atoms with E-state index in [0.717, 1.165) is 18.4 Å². The Bertz CT molecular complexity index is 810. The lowest BCUT2D eigenvalue weighted by atomic mass is 10.3.